The molecule has 0 aliphatic carbocycles. The summed E-state index contributed by atoms with van der Waals surface area (Å²) in [6.45, 7) is 1.12. The molecule has 4 heteroatoms. The molecule has 76 valence electrons. The van der Waals surface area contributed by atoms with Crippen LogP contribution in [0.2, 0.25) is 5.02 Å². The summed E-state index contributed by atoms with van der Waals surface area (Å²) in [5, 5.41) is 0.692. The topological polar surface area (TPSA) is 35.2 Å². The summed E-state index contributed by atoms with van der Waals surface area (Å²) in [5.41, 5.74) is 7.78. The highest BCUT2D eigenvalue weighted by Gasteiger charge is 2.12. The van der Waals surface area contributed by atoms with Gasteiger partial charge in [-0.25, -0.2) is 0 Å². The van der Waals surface area contributed by atoms with E-state index in [1.807, 2.05) is 24.3 Å². The number of hydrogen-bond donors (Lipinski definition) is 1. The molecule has 2 rings (SSSR count). The van der Waals surface area contributed by atoms with Crippen LogP contribution in [-0.4, -0.2) is 13.2 Å². The molecule has 0 spiro atoms. The van der Waals surface area contributed by atoms with Gasteiger partial charge in [0.25, 0.3) is 0 Å². The molecule has 1 aliphatic heterocycles. The van der Waals surface area contributed by atoms with Gasteiger partial charge >= 0.3 is 0 Å². The number of ether oxygens (including phenoxy) is 1. The van der Waals surface area contributed by atoms with Crippen molar-refractivity contribution in [1.29, 1.82) is 0 Å². The van der Waals surface area contributed by atoms with Gasteiger partial charge in [-0.1, -0.05) is 11.6 Å². The first-order chi connectivity index (χ1) is 6.31. The van der Waals surface area contributed by atoms with E-state index < -0.39 is 0 Å². The van der Waals surface area contributed by atoms with Gasteiger partial charge in [-0.05, 0) is 29.8 Å². The van der Waals surface area contributed by atoms with E-state index in [1.165, 1.54) is 0 Å². The molecule has 14 heavy (non-hydrogen) atoms. The van der Waals surface area contributed by atoms with Crippen LogP contribution in [0, 0.1) is 0 Å². The van der Waals surface area contributed by atoms with Gasteiger partial charge in [0.15, 0.2) is 0 Å². The number of rotatable bonds is 1. The molecule has 0 radical (unpaired) electrons. The van der Waals surface area contributed by atoms with Crippen LogP contribution in [0.4, 0.5) is 0 Å². The first kappa shape index (κ1) is 11.4. The van der Waals surface area contributed by atoms with Crippen molar-refractivity contribution in [2.45, 2.75) is 0 Å². The minimum absolute atomic E-state index is 0. The summed E-state index contributed by atoms with van der Waals surface area (Å²) >= 11 is 5.84. The van der Waals surface area contributed by atoms with E-state index in [2.05, 4.69) is 0 Å². The van der Waals surface area contributed by atoms with Crippen LogP contribution in [0.5, 0.6) is 5.75 Å². The van der Waals surface area contributed by atoms with Crippen molar-refractivity contribution in [2.75, 3.05) is 13.2 Å². The summed E-state index contributed by atoms with van der Waals surface area (Å²) in [7, 11) is 0. The van der Waals surface area contributed by atoms with Gasteiger partial charge in [-0.15, -0.1) is 12.4 Å². The molecular weight excluding hydrogens is 221 g/mol. The van der Waals surface area contributed by atoms with Crippen molar-refractivity contribution in [2.24, 2.45) is 5.73 Å². The van der Waals surface area contributed by atoms with E-state index >= 15 is 0 Å². The van der Waals surface area contributed by atoms with Crippen LogP contribution < -0.4 is 10.5 Å². The number of nitrogens with two attached hydrogens (primary N) is 1. The van der Waals surface area contributed by atoms with Crippen molar-refractivity contribution in [3.05, 3.63) is 34.9 Å². The number of fused-ring (bicyclic) bond motifs is 1. The van der Waals surface area contributed by atoms with Gasteiger partial charge in [0.1, 0.15) is 12.4 Å². The van der Waals surface area contributed by atoms with Crippen LogP contribution in [0.3, 0.4) is 0 Å². The zero-order valence-corrected chi connectivity index (χ0v) is 9.07. The quantitative estimate of drug-likeness (QED) is 0.807. The SMILES string of the molecule is Cl.NCC1=CCOc2cc(Cl)ccc21. The first-order valence-electron chi connectivity index (χ1n) is 4.13. The Morgan fingerprint density at radius 1 is 1.43 bits per heavy atom. The Bertz CT molecular complexity index is 363. The molecule has 0 saturated heterocycles. The molecule has 2 N–H and O–H groups in total. The smallest absolute Gasteiger partial charge is 0.128 e. The van der Waals surface area contributed by atoms with Crippen LogP contribution in [0.1, 0.15) is 5.56 Å². The maximum Gasteiger partial charge on any atom is 0.128 e. The molecule has 0 amide bonds. The third-order valence-electron chi connectivity index (χ3n) is 2.08. The van der Waals surface area contributed by atoms with Gasteiger partial charge in [0.05, 0.1) is 0 Å². The molecule has 2 nitrogen and oxygen atoms in total. The maximum absolute atomic E-state index is 5.84. The molecule has 0 atom stereocenters. The van der Waals surface area contributed by atoms with Gasteiger partial charge in [-0.2, -0.15) is 0 Å². The van der Waals surface area contributed by atoms with Crippen LogP contribution in [0.25, 0.3) is 5.57 Å². The average molecular weight is 232 g/mol. The average Bonchev–Trinajstić information content (AvgIpc) is 2.16. The lowest BCUT2D eigenvalue weighted by atomic mass is 10.0. The predicted octanol–water partition coefficient (Wildman–Crippen LogP) is 2.50. The van der Waals surface area contributed by atoms with Crippen molar-refractivity contribution in [3.8, 4) is 5.75 Å². The Kier molecular flexibility index (Phi) is 3.81. The van der Waals surface area contributed by atoms with Crippen LogP contribution in [-0.2, 0) is 0 Å². The van der Waals surface area contributed by atoms with Crippen LogP contribution >= 0.6 is 24.0 Å². The minimum atomic E-state index is 0. The Balaban J connectivity index is 0.000000980. The van der Waals surface area contributed by atoms with Crippen molar-refractivity contribution in [3.63, 3.8) is 0 Å². The van der Waals surface area contributed by atoms with Crippen molar-refractivity contribution in [1.82, 2.24) is 0 Å². The third kappa shape index (κ3) is 2.03. The lowest BCUT2D eigenvalue weighted by Gasteiger charge is -2.17. The zero-order chi connectivity index (χ0) is 9.26. The van der Waals surface area contributed by atoms with E-state index in [0.29, 0.717) is 18.2 Å². The fraction of sp³-hybridized carbons (Fsp3) is 0.200. The van der Waals surface area contributed by atoms with Crippen molar-refractivity contribution < 1.29 is 4.74 Å². The molecule has 0 aromatic heterocycles. The van der Waals surface area contributed by atoms with Gasteiger partial charge in [0.2, 0.25) is 0 Å². The molecule has 0 saturated carbocycles. The summed E-state index contributed by atoms with van der Waals surface area (Å²) in [6.07, 6.45) is 2.00. The van der Waals surface area contributed by atoms with E-state index in [1.54, 1.807) is 0 Å². The first-order valence-corrected chi connectivity index (χ1v) is 4.51. The standard InChI is InChI=1S/C10H10ClNO.ClH/c11-8-1-2-9-7(6-12)3-4-13-10(9)5-8;/h1-3,5H,4,6,12H2;1H. The van der Waals surface area contributed by atoms with E-state index in [-0.39, 0.29) is 12.4 Å². The Morgan fingerprint density at radius 2 is 2.21 bits per heavy atom. The molecule has 0 bridgehead atoms. The second kappa shape index (κ2) is 4.69. The van der Waals surface area contributed by atoms with Crippen LogP contribution in [0.15, 0.2) is 24.3 Å². The normalized spacial score (nSPS) is 13.4. The highest BCUT2D eigenvalue weighted by atomic mass is 35.5. The van der Waals surface area contributed by atoms with Gasteiger partial charge < -0.3 is 10.5 Å². The molecule has 1 heterocycles. The number of benzene rings is 1. The third-order valence-corrected chi connectivity index (χ3v) is 2.31. The second-order valence-corrected chi connectivity index (χ2v) is 3.32. The largest absolute Gasteiger partial charge is 0.489 e. The van der Waals surface area contributed by atoms with E-state index in [9.17, 15) is 0 Å². The van der Waals surface area contributed by atoms with Gasteiger partial charge in [0, 0.05) is 17.1 Å². The summed E-state index contributed by atoms with van der Waals surface area (Å²) in [6, 6.07) is 5.60. The second-order valence-electron chi connectivity index (χ2n) is 2.88. The fourth-order valence-electron chi connectivity index (χ4n) is 1.42. The van der Waals surface area contributed by atoms with E-state index in [0.717, 1.165) is 16.9 Å². The predicted molar refractivity (Wildman–Crippen MR) is 61.2 cm³/mol. The van der Waals surface area contributed by atoms with Gasteiger partial charge in [-0.3, -0.25) is 0 Å². The highest BCUT2D eigenvalue weighted by Crippen LogP contribution is 2.31. The summed E-state index contributed by atoms with van der Waals surface area (Å²) in [4.78, 5) is 0. The zero-order valence-electron chi connectivity index (χ0n) is 7.50. The Hall–Kier alpha value is -0.700. The monoisotopic (exact) mass is 231 g/mol. The lowest BCUT2D eigenvalue weighted by molar-refractivity contribution is 0.357. The molecule has 0 unspecified atom stereocenters. The van der Waals surface area contributed by atoms with Crippen molar-refractivity contribution >= 4 is 29.6 Å². The maximum atomic E-state index is 5.84. The summed E-state index contributed by atoms with van der Waals surface area (Å²) < 4.78 is 5.42. The minimum Gasteiger partial charge on any atom is -0.489 e. The highest BCUT2D eigenvalue weighted by molar-refractivity contribution is 6.30. The molecule has 1 aliphatic rings. The summed E-state index contributed by atoms with van der Waals surface area (Å²) in [5.74, 6) is 0.829. The number of halogens is 2. The Morgan fingerprint density at radius 3 is 2.93 bits per heavy atom. The number of hydrogen-bond acceptors (Lipinski definition) is 2. The lowest BCUT2D eigenvalue weighted by Crippen LogP contribution is -2.10. The fourth-order valence-corrected chi connectivity index (χ4v) is 1.58. The Labute approximate surface area is 94.1 Å². The molecular formula is C10H11Cl2NO. The molecule has 1 aromatic rings. The molecule has 1 aromatic carbocycles. The van der Waals surface area contributed by atoms with E-state index in [4.69, 9.17) is 22.1 Å². The molecule has 0 fully saturated rings.